The predicted octanol–water partition coefficient (Wildman–Crippen LogP) is 2.38. The van der Waals surface area contributed by atoms with E-state index in [4.69, 9.17) is 10.00 Å². The van der Waals surface area contributed by atoms with Crippen LogP contribution in [-0.2, 0) is 0 Å². The van der Waals surface area contributed by atoms with Gasteiger partial charge < -0.3 is 20.1 Å². The zero-order valence-corrected chi connectivity index (χ0v) is 14.1. The molecule has 0 amide bonds. The minimum Gasteiger partial charge on any atom is -0.490 e. The van der Waals surface area contributed by atoms with Gasteiger partial charge in [0.15, 0.2) is 0 Å². The molecule has 0 aliphatic heterocycles. The van der Waals surface area contributed by atoms with Crippen molar-refractivity contribution in [2.24, 2.45) is 0 Å². The zero-order chi connectivity index (χ0) is 15.4. The monoisotopic (exact) mass is 399 g/mol. The SMILES string of the molecule is CC(C)NC[C@H](O)COc1cccc2[nH]c(C#N)c(I)c12. The molecule has 1 atom stereocenters. The average Bonchev–Trinajstić information content (AvgIpc) is 2.80. The van der Waals surface area contributed by atoms with E-state index in [0.29, 0.717) is 24.0 Å². The predicted molar refractivity (Wildman–Crippen MR) is 90.4 cm³/mol. The number of fused-ring (bicyclic) bond motifs is 1. The summed E-state index contributed by atoms with van der Waals surface area (Å²) in [7, 11) is 0. The third-order valence-corrected chi connectivity index (χ3v) is 4.11. The fourth-order valence-electron chi connectivity index (χ4n) is 1.99. The van der Waals surface area contributed by atoms with Gasteiger partial charge in [-0.05, 0) is 34.7 Å². The molecule has 112 valence electrons. The highest BCUT2D eigenvalue weighted by molar-refractivity contribution is 14.1. The van der Waals surface area contributed by atoms with Gasteiger partial charge >= 0.3 is 0 Å². The number of ether oxygens (including phenoxy) is 1. The van der Waals surface area contributed by atoms with Gasteiger partial charge in [0.05, 0.1) is 14.5 Å². The van der Waals surface area contributed by atoms with Crippen molar-refractivity contribution < 1.29 is 9.84 Å². The number of aliphatic hydroxyl groups is 1. The van der Waals surface area contributed by atoms with Crippen LogP contribution in [0, 0.1) is 14.9 Å². The molecule has 1 aromatic heterocycles. The molecule has 3 N–H and O–H groups in total. The van der Waals surface area contributed by atoms with Crippen molar-refractivity contribution in [1.29, 1.82) is 5.26 Å². The van der Waals surface area contributed by atoms with Gasteiger partial charge in [-0.2, -0.15) is 5.26 Å². The second kappa shape index (κ2) is 7.11. The first-order valence-corrected chi connectivity index (χ1v) is 7.85. The Kier molecular flexibility index (Phi) is 5.45. The fraction of sp³-hybridized carbons (Fsp3) is 0.400. The Hall–Kier alpha value is -1.30. The van der Waals surface area contributed by atoms with Crippen LogP contribution in [0.1, 0.15) is 19.5 Å². The Bertz CT molecular complexity index is 661. The van der Waals surface area contributed by atoms with Crippen LogP contribution in [0.25, 0.3) is 10.9 Å². The van der Waals surface area contributed by atoms with Crippen molar-refractivity contribution in [3.63, 3.8) is 0 Å². The summed E-state index contributed by atoms with van der Waals surface area (Å²) in [6.07, 6.45) is -0.574. The molecule has 6 heteroatoms. The summed E-state index contributed by atoms with van der Waals surface area (Å²) in [4.78, 5) is 3.06. The topological polar surface area (TPSA) is 81.1 Å². The highest BCUT2D eigenvalue weighted by atomic mass is 127. The molecular weight excluding hydrogens is 381 g/mol. The van der Waals surface area contributed by atoms with Crippen molar-refractivity contribution in [2.45, 2.75) is 26.0 Å². The first-order chi connectivity index (χ1) is 10.0. The Balaban J connectivity index is 2.12. The largest absolute Gasteiger partial charge is 0.490 e. The van der Waals surface area contributed by atoms with Crippen molar-refractivity contribution in [2.75, 3.05) is 13.2 Å². The number of aliphatic hydroxyl groups excluding tert-OH is 1. The second-order valence-corrected chi connectivity index (χ2v) is 6.21. The molecule has 2 aromatic rings. The minimum atomic E-state index is -0.574. The van der Waals surface area contributed by atoms with Gasteiger partial charge in [-0.15, -0.1) is 0 Å². The lowest BCUT2D eigenvalue weighted by Gasteiger charge is -2.15. The maximum atomic E-state index is 9.90. The Morgan fingerprint density at radius 1 is 1.48 bits per heavy atom. The third-order valence-electron chi connectivity index (χ3n) is 3.03. The number of aromatic nitrogens is 1. The number of nitriles is 1. The van der Waals surface area contributed by atoms with Gasteiger partial charge in [0.25, 0.3) is 0 Å². The summed E-state index contributed by atoms with van der Waals surface area (Å²) >= 11 is 2.13. The lowest BCUT2D eigenvalue weighted by Crippen LogP contribution is -2.35. The summed E-state index contributed by atoms with van der Waals surface area (Å²) in [5.41, 5.74) is 1.40. The number of aromatic amines is 1. The van der Waals surface area contributed by atoms with Gasteiger partial charge in [0.1, 0.15) is 30.2 Å². The number of hydrogen-bond donors (Lipinski definition) is 3. The van der Waals surface area contributed by atoms with E-state index >= 15 is 0 Å². The number of H-pyrrole nitrogens is 1. The molecule has 1 heterocycles. The van der Waals surface area contributed by atoms with E-state index in [1.807, 2.05) is 32.0 Å². The van der Waals surface area contributed by atoms with Crippen LogP contribution in [0.3, 0.4) is 0 Å². The quantitative estimate of drug-likeness (QED) is 0.652. The van der Waals surface area contributed by atoms with Gasteiger partial charge in [-0.3, -0.25) is 0 Å². The summed E-state index contributed by atoms with van der Waals surface area (Å²) in [6, 6.07) is 8.08. The third kappa shape index (κ3) is 3.87. The highest BCUT2D eigenvalue weighted by Crippen LogP contribution is 2.32. The molecule has 0 fully saturated rings. The lowest BCUT2D eigenvalue weighted by molar-refractivity contribution is 0.105. The first kappa shape index (κ1) is 16.1. The van der Waals surface area contributed by atoms with Gasteiger partial charge in [-0.25, -0.2) is 0 Å². The van der Waals surface area contributed by atoms with Gasteiger partial charge in [-0.1, -0.05) is 19.9 Å². The van der Waals surface area contributed by atoms with E-state index in [-0.39, 0.29) is 6.61 Å². The fourth-order valence-corrected chi connectivity index (χ4v) is 2.80. The molecule has 0 aliphatic carbocycles. The molecule has 5 nitrogen and oxygen atoms in total. The molecule has 0 saturated carbocycles. The molecule has 2 rings (SSSR count). The number of halogens is 1. The van der Waals surface area contributed by atoms with E-state index in [0.717, 1.165) is 14.5 Å². The van der Waals surface area contributed by atoms with E-state index in [1.165, 1.54) is 0 Å². The van der Waals surface area contributed by atoms with Crippen LogP contribution in [-0.4, -0.2) is 35.4 Å². The van der Waals surface area contributed by atoms with Crippen LogP contribution < -0.4 is 10.1 Å². The average molecular weight is 399 g/mol. The number of nitrogens with zero attached hydrogens (tertiary/aromatic N) is 1. The lowest BCUT2D eigenvalue weighted by atomic mass is 10.2. The molecule has 0 bridgehead atoms. The molecule has 1 aromatic carbocycles. The molecular formula is C15H18IN3O2. The maximum absolute atomic E-state index is 9.90. The molecule has 0 aliphatic rings. The molecule has 0 unspecified atom stereocenters. The zero-order valence-electron chi connectivity index (χ0n) is 12.0. The standard InChI is InChI=1S/C15H18IN3O2/c1-9(2)18-7-10(20)8-21-13-5-3-4-11-14(13)15(16)12(6-17)19-11/h3-5,9-10,18-20H,7-8H2,1-2H3/t10-/m0/s1. The number of rotatable bonds is 6. The Morgan fingerprint density at radius 3 is 2.90 bits per heavy atom. The van der Waals surface area contributed by atoms with E-state index < -0.39 is 6.10 Å². The van der Waals surface area contributed by atoms with Crippen LogP contribution in [0.5, 0.6) is 5.75 Å². The van der Waals surface area contributed by atoms with Crippen molar-refractivity contribution in [3.05, 3.63) is 27.5 Å². The van der Waals surface area contributed by atoms with Crippen LogP contribution in [0.15, 0.2) is 18.2 Å². The number of hydrogen-bond acceptors (Lipinski definition) is 4. The van der Waals surface area contributed by atoms with E-state index in [9.17, 15) is 5.11 Å². The smallest absolute Gasteiger partial charge is 0.132 e. The van der Waals surface area contributed by atoms with Crippen LogP contribution in [0.4, 0.5) is 0 Å². The first-order valence-electron chi connectivity index (χ1n) is 6.77. The molecule has 0 radical (unpaired) electrons. The van der Waals surface area contributed by atoms with Crippen molar-refractivity contribution in [3.8, 4) is 11.8 Å². The normalized spacial score (nSPS) is 12.6. The maximum Gasteiger partial charge on any atom is 0.132 e. The Morgan fingerprint density at radius 2 is 2.24 bits per heavy atom. The van der Waals surface area contributed by atoms with Crippen LogP contribution in [0.2, 0.25) is 0 Å². The highest BCUT2D eigenvalue weighted by Gasteiger charge is 2.14. The minimum absolute atomic E-state index is 0.210. The number of benzene rings is 1. The summed E-state index contributed by atoms with van der Waals surface area (Å²) in [6.45, 7) is 4.75. The van der Waals surface area contributed by atoms with Crippen LogP contribution >= 0.6 is 22.6 Å². The second-order valence-electron chi connectivity index (χ2n) is 5.13. The van der Waals surface area contributed by atoms with Gasteiger partial charge in [0.2, 0.25) is 0 Å². The molecule has 0 spiro atoms. The van der Waals surface area contributed by atoms with Crippen molar-refractivity contribution in [1.82, 2.24) is 10.3 Å². The van der Waals surface area contributed by atoms with E-state index in [2.05, 4.69) is 39.0 Å². The van der Waals surface area contributed by atoms with E-state index in [1.54, 1.807) is 0 Å². The summed E-state index contributed by atoms with van der Waals surface area (Å²) in [5, 5.41) is 23.0. The summed E-state index contributed by atoms with van der Waals surface area (Å²) < 4.78 is 6.57. The molecule has 0 saturated heterocycles. The Labute approximate surface area is 137 Å². The summed E-state index contributed by atoms with van der Waals surface area (Å²) in [5.74, 6) is 0.679. The molecule has 21 heavy (non-hydrogen) atoms. The van der Waals surface area contributed by atoms with Gasteiger partial charge in [0, 0.05) is 12.6 Å². The number of nitrogens with one attached hydrogen (secondary N) is 2. The van der Waals surface area contributed by atoms with Crippen molar-refractivity contribution >= 4 is 33.5 Å².